The Morgan fingerprint density at radius 1 is 0.952 bits per heavy atom. The van der Waals surface area contributed by atoms with E-state index in [4.69, 9.17) is 0 Å². The molecule has 2 rings (SSSR count). The summed E-state index contributed by atoms with van der Waals surface area (Å²) in [6.07, 6.45) is 0. The van der Waals surface area contributed by atoms with Crippen molar-refractivity contribution < 1.29 is 26.0 Å². The Morgan fingerprint density at radius 2 is 1.62 bits per heavy atom. The summed E-state index contributed by atoms with van der Waals surface area (Å²) in [6, 6.07) is 4.77. The summed E-state index contributed by atoms with van der Waals surface area (Å²) in [5, 5.41) is 0. The highest BCUT2D eigenvalue weighted by Crippen LogP contribution is 2.27. The van der Waals surface area contributed by atoms with E-state index in [1.165, 1.54) is 0 Å². The summed E-state index contributed by atoms with van der Waals surface area (Å²) in [6.45, 7) is 0. The molecule has 2 aromatic carbocycles. The molecule has 0 saturated carbocycles. The van der Waals surface area contributed by atoms with Gasteiger partial charge in [0.05, 0.1) is 5.69 Å². The van der Waals surface area contributed by atoms with E-state index < -0.39 is 43.9 Å². The summed E-state index contributed by atoms with van der Waals surface area (Å²) in [5.41, 5.74) is -0.612. The van der Waals surface area contributed by atoms with E-state index >= 15 is 0 Å². The highest BCUT2D eigenvalue weighted by Gasteiger charge is 2.28. The Hall–Kier alpha value is -2.09. The average molecular weight is 319 g/mol. The number of hydrogen-bond donors (Lipinski definition) is 0. The van der Waals surface area contributed by atoms with Gasteiger partial charge < -0.3 is 0 Å². The number of nitrogens with zero attached hydrogens (tertiary/aromatic N) is 1. The molecule has 21 heavy (non-hydrogen) atoms. The van der Waals surface area contributed by atoms with E-state index in [0.717, 1.165) is 37.4 Å². The van der Waals surface area contributed by atoms with E-state index in [1.807, 2.05) is 0 Å². The van der Waals surface area contributed by atoms with Crippen LogP contribution in [0.15, 0.2) is 41.3 Å². The molecule has 0 aliphatic carbocycles. The van der Waals surface area contributed by atoms with E-state index in [2.05, 4.69) is 0 Å². The van der Waals surface area contributed by atoms with Gasteiger partial charge in [0.25, 0.3) is 10.0 Å². The van der Waals surface area contributed by atoms with Gasteiger partial charge in [-0.25, -0.2) is 26.0 Å². The summed E-state index contributed by atoms with van der Waals surface area (Å²) in [7, 11) is -3.66. The van der Waals surface area contributed by atoms with Crippen LogP contribution in [0.3, 0.4) is 0 Å². The standard InChI is InChI=1S/C13H9F4NO2S/c1-18(11-7-8(14)5-6-9(11)15)21(19,20)12-4-2-3-10(16)13(12)17/h2-7H,1H3. The fourth-order valence-corrected chi connectivity index (χ4v) is 2.96. The van der Waals surface area contributed by atoms with Crippen molar-refractivity contribution in [2.75, 3.05) is 11.4 Å². The molecule has 0 amide bonds. The zero-order chi connectivity index (χ0) is 15.8. The number of anilines is 1. The molecular formula is C13H9F4NO2S. The molecule has 8 heteroatoms. The zero-order valence-electron chi connectivity index (χ0n) is 10.6. The second-order valence-corrected chi connectivity index (χ2v) is 6.06. The van der Waals surface area contributed by atoms with Gasteiger partial charge in [-0.15, -0.1) is 0 Å². The monoisotopic (exact) mass is 319 g/mol. The van der Waals surface area contributed by atoms with Crippen molar-refractivity contribution in [3.8, 4) is 0 Å². The molecule has 2 aromatic rings. The third-order valence-electron chi connectivity index (χ3n) is 2.80. The molecule has 0 fully saturated rings. The van der Waals surface area contributed by atoms with Crippen LogP contribution >= 0.6 is 0 Å². The van der Waals surface area contributed by atoms with E-state index in [0.29, 0.717) is 10.4 Å². The number of halogens is 4. The summed E-state index contributed by atoms with van der Waals surface area (Å²) in [5.74, 6) is -4.82. The zero-order valence-corrected chi connectivity index (χ0v) is 11.5. The summed E-state index contributed by atoms with van der Waals surface area (Å²) < 4.78 is 78.2. The van der Waals surface area contributed by atoms with Crippen molar-refractivity contribution in [3.05, 3.63) is 59.7 Å². The van der Waals surface area contributed by atoms with Crippen LogP contribution < -0.4 is 4.31 Å². The highest BCUT2D eigenvalue weighted by atomic mass is 32.2. The highest BCUT2D eigenvalue weighted by molar-refractivity contribution is 7.92. The van der Waals surface area contributed by atoms with Gasteiger partial charge in [0.15, 0.2) is 11.6 Å². The van der Waals surface area contributed by atoms with Crippen LogP contribution in [0.25, 0.3) is 0 Å². The molecule has 0 N–H and O–H groups in total. The third kappa shape index (κ3) is 2.71. The van der Waals surface area contributed by atoms with Gasteiger partial charge in [-0.3, -0.25) is 4.31 Å². The number of hydrogen-bond acceptors (Lipinski definition) is 2. The maximum Gasteiger partial charge on any atom is 0.267 e. The number of rotatable bonds is 3. The molecule has 0 radical (unpaired) electrons. The Bertz CT molecular complexity index is 793. The second-order valence-electron chi connectivity index (χ2n) is 4.12. The van der Waals surface area contributed by atoms with Crippen LogP contribution in [0.5, 0.6) is 0 Å². The van der Waals surface area contributed by atoms with Crippen molar-refractivity contribution >= 4 is 15.7 Å². The molecule has 0 atom stereocenters. The van der Waals surface area contributed by atoms with Crippen molar-refractivity contribution in [1.82, 2.24) is 0 Å². The first-order chi connectivity index (χ1) is 9.75. The smallest absolute Gasteiger partial charge is 0.266 e. The number of benzene rings is 2. The minimum atomic E-state index is -4.57. The predicted octanol–water partition coefficient (Wildman–Crippen LogP) is 3.07. The lowest BCUT2D eigenvalue weighted by molar-refractivity contribution is 0.484. The molecule has 0 aromatic heterocycles. The molecule has 0 saturated heterocycles. The minimum absolute atomic E-state index is 0.350. The molecule has 0 unspecified atom stereocenters. The SMILES string of the molecule is CN(c1cc(F)ccc1F)S(=O)(=O)c1cccc(F)c1F. The van der Waals surface area contributed by atoms with Gasteiger partial charge in [-0.2, -0.15) is 0 Å². The molecule has 0 heterocycles. The quantitative estimate of drug-likeness (QED) is 0.816. The van der Waals surface area contributed by atoms with E-state index in [-0.39, 0.29) is 0 Å². The fraction of sp³-hybridized carbons (Fsp3) is 0.0769. The maximum atomic E-state index is 13.6. The largest absolute Gasteiger partial charge is 0.267 e. The Kier molecular flexibility index (Phi) is 3.91. The summed E-state index contributed by atoms with van der Waals surface area (Å²) >= 11 is 0. The molecule has 112 valence electrons. The lowest BCUT2D eigenvalue weighted by Gasteiger charge is -2.20. The van der Waals surface area contributed by atoms with Crippen molar-refractivity contribution in [2.45, 2.75) is 4.90 Å². The van der Waals surface area contributed by atoms with Gasteiger partial charge >= 0.3 is 0 Å². The van der Waals surface area contributed by atoms with Crippen LogP contribution in [0, 0.1) is 23.3 Å². The first-order valence-electron chi connectivity index (χ1n) is 5.63. The molecule has 3 nitrogen and oxygen atoms in total. The maximum absolute atomic E-state index is 13.6. The predicted molar refractivity (Wildman–Crippen MR) is 68.3 cm³/mol. The van der Waals surface area contributed by atoms with Gasteiger partial charge in [0, 0.05) is 13.1 Å². The Balaban J connectivity index is 2.58. The minimum Gasteiger partial charge on any atom is -0.266 e. The molecule has 0 bridgehead atoms. The second kappa shape index (κ2) is 5.36. The van der Waals surface area contributed by atoms with Crippen LogP contribution in [0.2, 0.25) is 0 Å². The van der Waals surface area contributed by atoms with Gasteiger partial charge in [-0.05, 0) is 24.3 Å². The van der Waals surface area contributed by atoms with Gasteiger partial charge in [0.1, 0.15) is 16.5 Å². The van der Waals surface area contributed by atoms with Crippen LogP contribution in [0.4, 0.5) is 23.2 Å². The fourth-order valence-electron chi connectivity index (χ4n) is 1.69. The van der Waals surface area contributed by atoms with Crippen molar-refractivity contribution in [2.24, 2.45) is 0 Å². The van der Waals surface area contributed by atoms with Crippen LogP contribution in [-0.4, -0.2) is 15.5 Å². The first kappa shape index (κ1) is 15.3. The molecule has 0 spiro atoms. The third-order valence-corrected chi connectivity index (χ3v) is 4.59. The van der Waals surface area contributed by atoms with E-state index in [1.54, 1.807) is 0 Å². The Labute approximate surface area is 118 Å². The van der Waals surface area contributed by atoms with Crippen LogP contribution in [0.1, 0.15) is 0 Å². The summed E-state index contributed by atoms with van der Waals surface area (Å²) in [4.78, 5) is -0.964. The molecular weight excluding hydrogens is 310 g/mol. The lowest BCUT2D eigenvalue weighted by Crippen LogP contribution is -2.28. The molecule has 0 aliphatic rings. The van der Waals surface area contributed by atoms with Crippen LogP contribution in [-0.2, 0) is 10.0 Å². The number of sulfonamides is 1. The van der Waals surface area contributed by atoms with Crippen molar-refractivity contribution in [1.29, 1.82) is 0 Å². The van der Waals surface area contributed by atoms with E-state index in [9.17, 15) is 26.0 Å². The van der Waals surface area contributed by atoms with Gasteiger partial charge in [-0.1, -0.05) is 6.07 Å². The normalized spacial score (nSPS) is 11.5. The topological polar surface area (TPSA) is 37.4 Å². The first-order valence-corrected chi connectivity index (χ1v) is 7.07. The van der Waals surface area contributed by atoms with Gasteiger partial charge in [0.2, 0.25) is 0 Å². The average Bonchev–Trinajstić information content (AvgIpc) is 2.43. The Morgan fingerprint density at radius 3 is 2.29 bits per heavy atom. The lowest BCUT2D eigenvalue weighted by atomic mass is 10.3. The molecule has 0 aliphatic heterocycles. The van der Waals surface area contributed by atoms with Crippen molar-refractivity contribution in [3.63, 3.8) is 0 Å².